The van der Waals surface area contributed by atoms with E-state index >= 15 is 0 Å². The molecule has 6 nitrogen and oxygen atoms in total. The van der Waals surface area contributed by atoms with Gasteiger partial charge in [0.1, 0.15) is 0 Å². The third kappa shape index (κ3) is 6.21. The molecule has 3 N–H and O–H groups in total. The number of urea groups is 1. The number of carbonyl (C=O) groups is 1. The molecule has 1 aromatic rings. The average molecular weight is 300 g/mol. The smallest absolute Gasteiger partial charge is 0.315 e. The van der Waals surface area contributed by atoms with Crippen LogP contribution in [0.15, 0.2) is 5.38 Å². The largest absolute Gasteiger partial charge is 0.393 e. The zero-order chi connectivity index (χ0) is 15.1. The zero-order valence-electron chi connectivity index (χ0n) is 12.5. The molecule has 0 saturated carbocycles. The van der Waals surface area contributed by atoms with E-state index in [2.05, 4.69) is 15.6 Å². The standard InChI is InChI=1S/C13H24N4O2S/c1-9(5-10(2)18)6-14-12(19)15-7-11-8-20-13(16-11)17(3)4/h8-10,18H,5-7H2,1-4H3,(H2,14,15,19). The van der Waals surface area contributed by atoms with Gasteiger partial charge in [0.05, 0.1) is 18.3 Å². The normalized spacial score (nSPS) is 13.7. The Bertz CT molecular complexity index is 420. The van der Waals surface area contributed by atoms with Gasteiger partial charge in [0, 0.05) is 26.0 Å². The molecule has 2 unspecified atom stereocenters. The van der Waals surface area contributed by atoms with Crippen LogP contribution in [-0.2, 0) is 6.54 Å². The average Bonchev–Trinajstić information content (AvgIpc) is 2.82. The Labute approximate surface area is 124 Å². The number of thiazole rings is 1. The number of hydrogen-bond donors (Lipinski definition) is 3. The summed E-state index contributed by atoms with van der Waals surface area (Å²) in [5, 5.41) is 17.7. The molecule has 0 fully saturated rings. The summed E-state index contributed by atoms with van der Waals surface area (Å²) in [6, 6.07) is -0.207. The maximum absolute atomic E-state index is 11.6. The SMILES string of the molecule is CC(O)CC(C)CNC(=O)NCc1csc(N(C)C)n1. The number of carbonyl (C=O) groups excluding carboxylic acids is 1. The summed E-state index contributed by atoms with van der Waals surface area (Å²) in [6.45, 7) is 4.72. The predicted molar refractivity (Wildman–Crippen MR) is 82.1 cm³/mol. The van der Waals surface area contributed by atoms with E-state index in [4.69, 9.17) is 0 Å². The Kier molecular flexibility index (Phi) is 6.74. The van der Waals surface area contributed by atoms with Crippen LogP contribution >= 0.6 is 11.3 Å². The van der Waals surface area contributed by atoms with Gasteiger partial charge in [-0.25, -0.2) is 9.78 Å². The number of aliphatic hydroxyl groups excluding tert-OH is 1. The predicted octanol–water partition coefficient (Wildman–Crippen LogP) is 1.42. The Morgan fingerprint density at radius 3 is 2.70 bits per heavy atom. The van der Waals surface area contributed by atoms with Crippen LogP contribution in [0, 0.1) is 5.92 Å². The van der Waals surface area contributed by atoms with Crippen LogP contribution in [0.1, 0.15) is 26.0 Å². The Morgan fingerprint density at radius 1 is 1.45 bits per heavy atom. The van der Waals surface area contributed by atoms with E-state index in [0.29, 0.717) is 19.5 Å². The molecule has 2 atom stereocenters. The van der Waals surface area contributed by atoms with Gasteiger partial charge in [-0.15, -0.1) is 11.3 Å². The fourth-order valence-corrected chi connectivity index (χ4v) is 2.51. The van der Waals surface area contributed by atoms with Crippen molar-refractivity contribution in [2.45, 2.75) is 32.9 Å². The molecule has 0 radical (unpaired) electrons. The van der Waals surface area contributed by atoms with Crippen molar-refractivity contribution in [2.24, 2.45) is 5.92 Å². The summed E-state index contributed by atoms with van der Waals surface area (Å²) in [5.74, 6) is 0.250. The molecule has 0 bridgehead atoms. The molecule has 20 heavy (non-hydrogen) atoms. The molecule has 114 valence electrons. The highest BCUT2D eigenvalue weighted by Gasteiger charge is 2.09. The van der Waals surface area contributed by atoms with Gasteiger partial charge >= 0.3 is 6.03 Å². The monoisotopic (exact) mass is 300 g/mol. The fraction of sp³-hybridized carbons (Fsp3) is 0.692. The molecular weight excluding hydrogens is 276 g/mol. The molecule has 0 aliphatic carbocycles. The first kappa shape index (κ1) is 16.7. The number of amides is 2. The van der Waals surface area contributed by atoms with Gasteiger partial charge in [0.25, 0.3) is 0 Å². The van der Waals surface area contributed by atoms with Gasteiger partial charge < -0.3 is 20.6 Å². The van der Waals surface area contributed by atoms with Gasteiger partial charge in [-0.3, -0.25) is 0 Å². The molecule has 0 aliphatic rings. The van der Waals surface area contributed by atoms with Crippen molar-refractivity contribution < 1.29 is 9.90 Å². The first-order valence-corrected chi connectivity index (χ1v) is 7.58. The molecule has 7 heteroatoms. The Morgan fingerprint density at radius 2 is 2.15 bits per heavy atom. The van der Waals surface area contributed by atoms with E-state index in [1.165, 1.54) is 0 Å². The molecule has 0 saturated heterocycles. The lowest BCUT2D eigenvalue weighted by Gasteiger charge is -2.14. The van der Waals surface area contributed by atoms with Crippen LogP contribution in [0.4, 0.5) is 9.93 Å². The molecule has 2 amide bonds. The second-order valence-electron chi connectivity index (χ2n) is 5.27. The topological polar surface area (TPSA) is 77.5 Å². The third-order valence-corrected chi connectivity index (χ3v) is 3.76. The van der Waals surface area contributed by atoms with Crippen molar-refractivity contribution >= 4 is 22.5 Å². The zero-order valence-corrected chi connectivity index (χ0v) is 13.3. The van der Waals surface area contributed by atoms with Crippen LogP contribution in [0.25, 0.3) is 0 Å². The highest BCUT2D eigenvalue weighted by molar-refractivity contribution is 7.13. The van der Waals surface area contributed by atoms with Crippen LogP contribution in [-0.4, -0.2) is 42.9 Å². The van der Waals surface area contributed by atoms with E-state index in [-0.39, 0.29) is 18.1 Å². The Balaban J connectivity index is 2.25. The molecule has 1 rings (SSSR count). The fourth-order valence-electron chi connectivity index (χ4n) is 1.75. The minimum atomic E-state index is -0.339. The summed E-state index contributed by atoms with van der Waals surface area (Å²) in [4.78, 5) is 17.9. The van der Waals surface area contributed by atoms with E-state index in [1.807, 2.05) is 31.3 Å². The number of rotatable bonds is 7. The Hall–Kier alpha value is -1.34. The van der Waals surface area contributed by atoms with Crippen molar-refractivity contribution in [3.8, 4) is 0 Å². The second-order valence-corrected chi connectivity index (χ2v) is 6.11. The number of nitrogens with one attached hydrogen (secondary N) is 2. The maximum atomic E-state index is 11.6. The quantitative estimate of drug-likeness (QED) is 0.711. The lowest BCUT2D eigenvalue weighted by Crippen LogP contribution is -2.37. The maximum Gasteiger partial charge on any atom is 0.315 e. The molecule has 0 aliphatic heterocycles. The van der Waals surface area contributed by atoms with Gasteiger partial charge in [-0.1, -0.05) is 6.92 Å². The highest BCUT2D eigenvalue weighted by Crippen LogP contribution is 2.17. The molecular formula is C13H24N4O2S. The summed E-state index contributed by atoms with van der Waals surface area (Å²) in [6.07, 6.45) is 0.341. The van der Waals surface area contributed by atoms with Crippen molar-refractivity contribution in [2.75, 3.05) is 25.5 Å². The number of aliphatic hydroxyl groups is 1. The summed E-state index contributed by atoms with van der Waals surface area (Å²) >= 11 is 1.55. The minimum Gasteiger partial charge on any atom is -0.393 e. The molecule has 1 heterocycles. The van der Waals surface area contributed by atoms with Crippen LogP contribution in [0.2, 0.25) is 0 Å². The minimum absolute atomic E-state index is 0.207. The number of hydrogen-bond acceptors (Lipinski definition) is 5. The number of anilines is 1. The van der Waals surface area contributed by atoms with Gasteiger partial charge in [-0.2, -0.15) is 0 Å². The van der Waals surface area contributed by atoms with E-state index < -0.39 is 0 Å². The van der Waals surface area contributed by atoms with Crippen LogP contribution in [0.3, 0.4) is 0 Å². The van der Waals surface area contributed by atoms with Gasteiger partial charge in [0.15, 0.2) is 5.13 Å². The van der Waals surface area contributed by atoms with Crippen molar-refractivity contribution in [1.82, 2.24) is 15.6 Å². The first-order valence-electron chi connectivity index (χ1n) is 6.70. The van der Waals surface area contributed by atoms with E-state index in [1.54, 1.807) is 18.3 Å². The van der Waals surface area contributed by atoms with Crippen LogP contribution < -0.4 is 15.5 Å². The van der Waals surface area contributed by atoms with E-state index in [0.717, 1.165) is 10.8 Å². The van der Waals surface area contributed by atoms with Crippen molar-refractivity contribution in [3.05, 3.63) is 11.1 Å². The number of nitrogens with zero attached hydrogens (tertiary/aromatic N) is 2. The summed E-state index contributed by atoms with van der Waals surface area (Å²) in [5.41, 5.74) is 0.853. The third-order valence-electron chi connectivity index (χ3n) is 2.71. The lowest BCUT2D eigenvalue weighted by molar-refractivity contribution is 0.163. The molecule has 0 spiro atoms. The highest BCUT2D eigenvalue weighted by atomic mass is 32.1. The lowest BCUT2D eigenvalue weighted by atomic mass is 10.1. The number of aromatic nitrogens is 1. The molecule has 1 aromatic heterocycles. The van der Waals surface area contributed by atoms with Gasteiger partial charge in [-0.05, 0) is 19.3 Å². The van der Waals surface area contributed by atoms with Crippen molar-refractivity contribution in [1.29, 1.82) is 0 Å². The second kappa shape index (κ2) is 8.06. The first-order chi connectivity index (χ1) is 9.38. The van der Waals surface area contributed by atoms with E-state index in [9.17, 15) is 9.90 Å². The van der Waals surface area contributed by atoms with Gasteiger partial charge in [0.2, 0.25) is 0 Å². The molecule has 0 aromatic carbocycles. The summed E-state index contributed by atoms with van der Waals surface area (Å²) < 4.78 is 0. The summed E-state index contributed by atoms with van der Waals surface area (Å²) in [7, 11) is 3.87. The van der Waals surface area contributed by atoms with Crippen LogP contribution in [0.5, 0.6) is 0 Å². The van der Waals surface area contributed by atoms with Crippen molar-refractivity contribution in [3.63, 3.8) is 0 Å².